The molecule has 4 rings (SSSR count). The first kappa shape index (κ1) is 18.7. The van der Waals surface area contributed by atoms with E-state index in [1.165, 1.54) is 16.6 Å². The lowest BCUT2D eigenvalue weighted by Gasteiger charge is -2.25. The van der Waals surface area contributed by atoms with E-state index in [9.17, 15) is 13.2 Å². The zero-order chi connectivity index (χ0) is 19.7. The van der Waals surface area contributed by atoms with Gasteiger partial charge in [-0.3, -0.25) is 4.79 Å². The van der Waals surface area contributed by atoms with Gasteiger partial charge in [0.2, 0.25) is 10.0 Å². The van der Waals surface area contributed by atoms with Crippen molar-refractivity contribution in [1.29, 1.82) is 0 Å². The van der Waals surface area contributed by atoms with E-state index >= 15 is 0 Å². The van der Waals surface area contributed by atoms with E-state index < -0.39 is 15.9 Å². The predicted octanol–water partition coefficient (Wildman–Crippen LogP) is 1.99. The zero-order valence-electron chi connectivity index (χ0n) is 15.3. The van der Waals surface area contributed by atoms with Gasteiger partial charge < -0.3 is 19.5 Å². The topological polar surface area (TPSA) is 118 Å². The summed E-state index contributed by atoms with van der Waals surface area (Å²) < 4.78 is 37.4. The van der Waals surface area contributed by atoms with E-state index in [0.717, 1.165) is 0 Å². The second-order valence-electron chi connectivity index (χ2n) is 6.36. The molecule has 1 saturated heterocycles. The van der Waals surface area contributed by atoms with Crippen LogP contribution in [0.1, 0.15) is 23.3 Å². The molecule has 0 aliphatic carbocycles. The smallest absolute Gasteiger partial charge is 0.272 e. The summed E-state index contributed by atoms with van der Waals surface area (Å²) >= 11 is 0. The summed E-state index contributed by atoms with van der Waals surface area (Å²) in [6.45, 7) is 3.27. The number of aryl methyl sites for hydroxylation is 1. The van der Waals surface area contributed by atoms with Crippen molar-refractivity contribution in [3.8, 4) is 0 Å². The highest BCUT2D eigenvalue weighted by molar-refractivity contribution is 7.89. The lowest BCUT2D eigenvalue weighted by molar-refractivity contribution is 0.0730. The molecule has 1 amide bonds. The van der Waals surface area contributed by atoms with Gasteiger partial charge in [-0.05, 0) is 24.3 Å². The van der Waals surface area contributed by atoms with Crippen LogP contribution in [0.15, 0.2) is 39.8 Å². The molecule has 0 spiro atoms. The summed E-state index contributed by atoms with van der Waals surface area (Å²) in [6.07, 6.45) is 2.01. The number of oxazole rings is 1. The van der Waals surface area contributed by atoms with Gasteiger partial charge in [0.1, 0.15) is 16.1 Å². The van der Waals surface area contributed by atoms with Crippen LogP contribution in [0, 0.1) is 0 Å². The molecule has 1 aromatic carbocycles. The molecule has 2 N–H and O–H groups in total. The van der Waals surface area contributed by atoms with Crippen LogP contribution < -0.4 is 5.32 Å². The van der Waals surface area contributed by atoms with Crippen LogP contribution in [0.25, 0.3) is 11.1 Å². The molecular formula is C18H20N4O5S. The molecule has 1 aliphatic rings. The Balaban J connectivity index is 1.51. The van der Waals surface area contributed by atoms with E-state index in [1.807, 2.05) is 6.92 Å². The predicted molar refractivity (Wildman–Crippen MR) is 102 cm³/mol. The van der Waals surface area contributed by atoms with Crippen molar-refractivity contribution in [2.45, 2.75) is 18.2 Å². The van der Waals surface area contributed by atoms with Gasteiger partial charge in [-0.2, -0.15) is 4.31 Å². The molecule has 2 aromatic heterocycles. The van der Waals surface area contributed by atoms with Crippen LogP contribution >= 0.6 is 0 Å². The first-order valence-electron chi connectivity index (χ1n) is 8.94. The molecule has 0 atom stereocenters. The van der Waals surface area contributed by atoms with Crippen molar-refractivity contribution in [1.82, 2.24) is 14.3 Å². The van der Waals surface area contributed by atoms with Gasteiger partial charge in [-0.25, -0.2) is 13.4 Å². The summed E-state index contributed by atoms with van der Waals surface area (Å²) in [5.74, 6) is 0.183. The number of anilines is 1. The fraction of sp³-hybridized carbons (Fsp3) is 0.333. The minimum atomic E-state index is -3.66. The minimum absolute atomic E-state index is 0.0547. The van der Waals surface area contributed by atoms with Crippen molar-refractivity contribution in [3.05, 3.63) is 42.0 Å². The molecule has 0 unspecified atom stereocenters. The number of H-pyrrole nitrogens is 1. The van der Waals surface area contributed by atoms with Crippen LogP contribution in [0.4, 0.5) is 5.69 Å². The maximum atomic E-state index is 12.7. The minimum Gasteiger partial charge on any atom is -0.441 e. The second-order valence-corrected chi connectivity index (χ2v) is 8.30. The quantitative estimate of drug-likeness (QED) is 0.672. The van der Waals surface area contributed by atoms with Crippen LogP contribution in [0.3, 0.4) is 0 Å². The first-order chi connectivity index (χ1) is 13.5. The average molecular weight is 404 g/mol. The number of carbonyl (C=O) groups is 1. The van der Waals surface area contributed by atoms with Gasteiger partial charge in [0.05, 0.1) is 13.2 Å². The third-order valence-corrected chi connectivity index (χ3v) is 6.38. The van der Waals surface area contributed by atoms with Crippen molar-refractivity contribution in [3.63, 3.8) is 0 Å². The summed E-state index contributed by atoms with van der Waals surface area (Å²) in [5.41, 5.74) is 1.99. The Kier molecular flexibility index (Phi) is 4.92. The van der Waals surface area contributed by atoms with E-state index in [1.54, 1.807) is 18.2 Å². The standard InChI is InChI=1S/C18H20N4O5S/c1-2-17-21-14-9-12(3-4-16(14)27-17)20-18(23)15-10-13(11-19-15)28(24,25)22-5-7-26-8-6-22/h3-4,9-11,19H,2,5-8H2,1H3,(H,20,23). The number of hydrogen-bond acceptors (Lipinski definition) is 6. The molecule has 1 aliphatic heterocycles. The second kappa shape index (κ2) is 7.38. The molecule has 28 heavy (non-hydrogen) atoms. The maximum Gasteiger partial charge on any atom is 0.272 e. The molecule has 0 bridgehead atoms. The lowest BCUT2D eigenvalue weighted by atomic mass is 10.2. The fourth-order valence-electron chi connectivity index (χ4n) is 2.99. The number of aromatic amines is 1. The van der Waals surface area contributed by atoms with Gasteiger partial charge in [0.25, 0.3) is 5.91 Å². The van der Waals surface area contributed by atoms with E-state index in [4.69, 9.17) is 9.15 Å². The summed E-state index contributed by atoms with van der Waals surface area (Å²) in [6, 6.07) is 6.49. The number of benzene rings is 1. The Bertz CT molecular complexity index is 1110. The van der Waals surface area contributed by atoms with Crippen molar-refractivity contribution >= 4 is 32.7 Å². The van der Waals surface area contributed by atoms with Crippen molar-refractivity contribution < 1.29 is 22.4 Å². The number of ether oxygens (including phenoxy) is 1. The van der Waals surface area contributed by atoms with Crippen molar-refractivity contribution in [2.24, 2.45) is 0 Å². The van der Waals surface area contributed by atoms with Crippen LogP contribution in [-0.2, 0) is 21.2 Å². The number of carbonyl (C=O) groups excluding carboxylic acids is 1. The summed E-state index contributed by atoms with van der Waals surface area (Å²) in [7, 11) is -3.66. The SMILES string of the molecule is CCc1nc2cc(NC(=O)c3cc(S(=O)(=O)N4CCOCC4)c[nH]3)ccc2o1. The molecule has 0 saturated carbocycles. The molecule has 148 valence electrons. The normalized spacial score (nSPS) is 15.8. The van der Waals surface area contributed by atoms with Gasteiger partial charge >= 0.3 is 0 Å². The highest BCUT2D eigenvalue weighted by Crippen LogP contribution is 2.22. The number of amides is 1. The first-order valence-corrected chi connectivity index (χ1v) is 10.4. The van der Waals surface area contributed by atoms with Crippen LogP contribution in [-0.4, -0.2) is 54.9 Å². The fourth-order valence-corrected chi connectivity index (χ4v) is 4.40. The number of fused-ring (bicyclic) bond motifs is 1. The number of nitrogens with one attached hydrogen (secondary N) is 2. The van der Waals surface area contributed by atoms with Crippen molar-refractivity contribution in [2.75, 3.05) is 31.6 Å². The number of nitrogens with zero attached hydrogens (tertiary/aromatic N) is 2. The van der Waals surface area contributed by atoms with Crippen LogP contribution in [0.2, 0.25) is 0 Å². The van der Waals surface area contributed by atoms with E-state index in [0.29, 0.717) is 55.4 Å². The average Bonchev–Trinajstić information content (AvgIpc) is 3.35. The number of aromatic nitrogens is 2. The van der Waals surface area contributed by atoms with Gasteiger partial charge in [0, 0.05) is 31.4 Å². The Morgan fingerprint density at radius 1 is 1.29 bits per heavy atom. The number of hydrogen-bond donors (Lipinski definition) is 2. The lowest BCUT2D eigenvalue weighted by Crippen LogP contribution is -2.40. The van der Waals surface area contributed by atoms with E-state index in [2.05, 4.69) is 15.3 Å². The number of morpholine rings is 1. The Hall–Kier alpha value is -2.69. The van der Waals surface area contributed by atoms with Crippen LogP contribution in [0.5, 0.6) is 0 Å². The summed E-state index contributed by atoms with van der Waals surface area (Å²) in [5, 5.41) is 2.74. The molecule has 9 nitrogen and oxygen atoms in total. The molecular weight excluding hydrogens is 384 g/mol. The molecule has 3 aromatic rings. The third-order valence-electron chi connectivity index (χ3n) is 4.50. The molecule has 3 heterocycles. The third kappa shape index (κ3) is 3.53. The van der Waals surface area contributed by atoms with E-state index in [-0.39, 0.29) is 10.6 Å². The maximum absolute atomic E-state index is 12.7. The van der Waals surface area contributed by atoms with Gasteiger partial charge in [0.15, 0.2) is 11.5 Å². The zero-order valence-corrected chi connectivity index (χ0v) is 16.1. The Morgan fingerprint density at radius 2 is 2.07 bits per heavy atom. The highest BCUT2D eigenvalue weighted by Gasteiger charge is 2.28. The summed E-state index contributed by atoms with van der Waals surface area (Å²) in [4.78, 5) is 19.6. The molecule has 0 radical (unpaired) electrons. The Labute approximate surface area is 161 Å². The molecule has 1 fully saturated rings. The highest BCUT2D eigenvalue weighted by atomic mass is 32.2. The number of rotatable bonds is 5. The van der Waals surface area contributed by atoms with Gasteiger partial charge in [-0.15, -0.1) is 0 Å². The molecule has 10 heteroatoms. The monoisotopic (exact) mass is 404 g/mol. The largest absolute Gasteiger partial charge is 0.441 e. The number of sulfonamides is 1. The van der Waals surface area contributed by atoms with Gasteiger partial charge in [-0.1, -0.05) is 6.92 Å². The Morgan fingerprint density at radius 3 is 2.82 bits per heavy atom.